The second kappa shape index (κ2) is 8.93. The summed E-state index contributed by atoms with van der Waals surface area (Å²) in [4.78, 5) is 26.9. The molecule has 3 aromatic rings. The van der Waals surface area contributed by atoms with Gasteiger partial charge in [-0.3, -0.25) is 4.98 Å². The molecular formula is C18H23N7O2. The van der Waals surface area contributed by atoms with Gasteiger partial charge in [-0.1, -0.05) is 11.2 Å². The van der Waals surface area contributed by atoms with Crippen molar-refractivity contribution in [1.29, 1.82) is 0 Å². The summed E-state index contributed by atoms with van der Waals surface area (Å²) in [5, 5.41) is 6.69. The molecule has 0 spiro atoms. The first-order valence-electron chi connectivity index (χ1n) is 8.82. The van der Waals surface area contributed by atoms with E-state index in [2.05, 4.69) is 25.4 Å². The van der Waals surface area contributed by atoms with Crippen LogP contribution in [-0.2, 0) is 13.1 Å². The van der Waals surface area contributed by atoms with Gasteiger partial charge in [0.15, 0.2) is 5.82 Å². The molecule has 0 fully saturated rings. The van der Waals surface area contributed by atoms with E-state index in [-0.39, 0.29) is 12.1 Å². The van der Waals surface area contributed by atoms with Crippen LogP contribution >= 0.6 is 0 Å². The van der Waals surface area contributed by atoms with Gasteiger partial charge in [-0.05, 0) is 31.9 Å². The molecule has 142 valence electrons. The number of carbonyl (C=O) groups is 1. The zero-order valence-electron chi connectivity index (χ0n) is 15.4. The van der Waals surface area contributed by atoms with Crippen molar-refractivity contribution in [1.82, 2.24) is 34.9 Å². The Balaban J connectivity index is 1.62. The summed E-state index contributed by atoms with van der Waals surface area (Å²) in [6, 6.07) is 3.26. The topological polar surface area (TPSA) is 102 Å². The minimum absolute atomic E-state index is 0.187. The van der Waals surface area contributed by atoms with Crippen LogP contribution in [0.1, 0.15) is 36.7 Å². The van der Waals surface area contributed by atoms with Crippen molar-refractivity contribution in [3.63, 3.8) is 0 Å². The molecule has 0 aliphatic rings. The Labute approximate surface area is 157 Å². The summed E-state index contributed by atoms with van der Waals surface area (Å²) >= 11 is 0. The molecule has 1 unspecified atom stereocenters. The molecule has 27 heavy (non-hydrogen) atoms. The van der Waals surface area contributed by atoms with Gasteiger partial charge in [-0.25, -0.2) is 9.78 Å². The van der Waals surface area contributed by atoms with Crippen LogP contribution in [0.2, 0.25) is 0 Å². The van der Waals surface area contributed by atoms with E-state index < -0.39 is 0 Å². The van der Waals surface area contributed by atoms with Crippen LogP contribution in [0, 0.1) is 6.92 Å². The summed E-state index contributed by atoms with van der Waals surface area (Å²) in [6.07, 6.45) is 9.71. The van der Waals surface area contributed by atoms with E-state index >= 15 is 0 Å². The second-order valence-corrected chi connectivity index (χ2v) is 6.29. The van der Waals surface area contributed by atoms with Gasteiger partial charge in [0.25, 0.3) is 0 Å². The number of rotatable bonds is 8. The summed E-state index contributed by atoms with van der Waals surface area (Å²) in [5.41, 5.74) is 0.969. The number of hydrogen-bond donors (Lipinski definition) is 1. The second-order valence-electron chi connectivity index (χ2n) is 6.29. The Morgan fingerprint density at radius 3 is 2.93 bits per heavy atom. The molecule has 0 bridgehead atoms. The number of nitrogens with one attached hydrogen (secondary N) is 1. The molecule has 9 nitrogen and oxygen atoms in total. The number of urea groups is 1. The SMILES string of the molecule is Cc1noc(C(C)NC(=O)N(CCCn2ccnc2)Cc2cccnc2)n1. The van der Waals surface area contributed by atoms with Crippen molar-refractivity contribution in [3.05, 3.63) is 60.5 Å². The van der Waals surface area contributed by atoms with E-state index in [1.165, 1.54) is 0 Å². The van der Waals surface area contributed by atoms with Crippen molar-refractivity contribution in [3.8, 4) is 0 Å². The minimum Gasteiger partial charge on any atom is -0.337 e. The molecule has 1 N–H and O–H groups in total. The summed E-state index contributed by atoms with van der Waals surface area (Å²) in [7, 11) is 0. The van der Waals surface area contributed by atoms with Gasteiger partial charge in [0.2, 0.25) is 5.89 Å². The van der Waals surface area contributed by atoms with E-state index in [0.717, 1.165) is 18.5 Å². The van der Waals surface area contributed by atoms with Crippen molar-refractivity contribution < 1.29 is 9.32 Å². The molecule has 0 saturated heterocycles. The lowest BCUT2D eigenvalue weighted by molar-refractivity contribution is 0.187. The van der Waals surface area contributed by atoms with Crippen molar-refractivity contribution in [2.75, 3.05) is 6.54 Å². The average molecular weight is 369 g/mol. The van der Waals surface area contributed by atoms with Gasteiger partial charge < -0.3 is 19.3 Å². The number of imidazole rings is 1. The molecule has 3 aromatic heterocycles. The zero-order valence-corrected chi connectivity index (χ0v) is 15.4. The van der Waals surface area contributed by atoms with Gasteiger partial charge in [0.1, 0.15) is 6.04 Å². The first-order valence-corrected chi connectivity index (χ1v) is 8.82. The van der Waals surface area contributed by atoms with Crippen molar-refractivity contribution >= 4 is 6.03 Å². The van der Waals surface area contributed by atoms with Crippen LogP contribution in [0.4, 0.5) is 4.79 Å². The number of carbonyl (C=O) groups excluding carboxylic acids is 1. The zero-order chi connectivity index (χ0) is 19.1. The molecular weight excluding hydrogens is 346 g/mol. The van der Waals surface area contributed by atoms with Gasteiger partial charge in [-0.15, -0.1) is 0 Å². The lowest BCUT2D eigenvalue weighted by Gasteiger charge is -2.24. The van der Waals surface area contributed by atoms with Crippen LogP contribution in [-0.4, -0.2) is 42.2 Å². The van der Waals surface area contributed by atoms with Crippen LogP contribution in [0.5, 0.6) is 0 Å². The van der Waals surface area contributed by atoms with E-state index in [0.29, 0.717) is 24.8 Å². The molecule has 0 aromatic carbocycles. The van der Waals surface area contributed by atoms with Crippen LogP contribution in [0.25, 0.3) is 0 Å². The smallest absolute Gasteiger partial charge is 0.318 e. The first kappa shape index (κ1) is 18.6. The standard InChI is InChI=1S/C18H23N7O2/c1-14(17-22-15(2)23-27-17)21-18(26)25(12-16-5-3-6-19-11-16)9-4-8-24-10-7-20-13-24/h3,5-7,10-11,13-14H,4,8-9,12H2,1-2H3,(H,21,26). The molecule has 0 aliphatic heterocycles. The van der Waals surface area contributed by atoms with Crippen molar-refractivity contribution in [2.24, 2.45) is 0 Å². The highest BCUT2D eigenvalue weighted by Crippen LogP contribution is 2.11. The molecule has 9 heteroatoms. The third-order valence-electron chi connectivity index (χ3n) is 4.04. The van der Waals surface area contributed by atoms with Crippen LogP contribution in [0.3, 0.4) is 0 Å². The predicted molar refractivity (Wildman–Crippen MR) is 97.5 cm³/mol. The molecule has 0 aliphatic carbocycles. The fraction of sp³-hybridized carbons (Fsp3) is 0.389. The quantitative estimate of drug-likeness (QED) is 0.654. The fourth-order valence-corrected chi connectivity index (χ4v) is 2.65. The first-order chi connectivity index (χ1) is 13.1. The number of amides is 2. The number of aryl methyl sites for hydroxylation is 2. The lowest BCUT2D eigenvalue weighted by atomic mass is 10.2. The van der Waals surface area contributed by atoms with Crippen molar-refractivity contribution in [2.45, 2.75) is 39.4 Å². The Morgan fingerprint density at radius 1 is 1.37 bits per heavy atom. The number of aromatic nitrogens is 5. The maximum Gasteiger partial charge on any atom is 0.318 e. The average Bonchev–Trinajstić information content (AvgIpc) is 3.33. The van der Waals surface area contributed by atoms with Gasteiger partial charge in [0, 0.05) is 44.4 Å². The van der Waals surface area contributed by atoms with E-state index in [4.69, 9.17) is 4.52 Å². The maximum absolute atomic E-state index is 12.8. The fourth-order valence-electron chi connectivity index (χ4n) is 2.65. The lowest BCUT2D eigenvalue weighted by Crippen LogP contribution is -2.41. The summed E-state index contributed by atoms with van der Waals surface area (Å²) < 4.78 is 7.13. The molecule has 3 rings (SSSR count). The van der Waals surface area contributed by atoms with Crippen LogP contribution < -0.4 is 5.32 Å². The largest absolute Gasteiger partial charge is 0.337 e. The van der Waals surface area contributed by atoms with Crippen LogP contribution in [0.15, 0.2) is 47.8 Å². The van der Waals surface area contributed by atoms with E-state index in [9.17, 15) is 4.79 Å². The Bertz CT molecular complexity index is 833. The molecule has 1 atom stereocenters. The normalized spacial score (nSPS) is 11.9. The minimum atomic E-state index is -0.372. The highest BCUT2D eigenvalue weighted by atomic mass is 16.5. The third kappa shape index (κ3) is 5.37. The molecule has 0 saturated carbocycles. The summed E-state index contributed by atoms with van der Waals surface area (Å²) in [6.45, 7) is 5.41. The summed E-state index contributed by atoms with van der Waals surface area (Å²) in [5.74, 6) is 0.930. The molecule has 0 radical (unpaired) electrons. The van der Waals surface area contributed by atoms with Gasteiger partial charge in [-0.2, -0.15) is 4.98 Å². The van der Waals surface area contributed by atoms with E-state index in [1.807, 2.05) is 29.8 Å². The Kier molecular flexibility index (Phi) is 6.14. The Morgan fingerprint density at radius 2 is 2.26 bits per heavy atom. The highest BCUT2D eigenvalue weighted by molar-refractivity contribution is 5.74. The monoisotopic (exact) mass is 369 g/mol. The third-order valence-corrected chi connectivity index (χ3v) is 4.04. The number of hydrogen-bond acceptors (Lipinski definition) is 6. The van der Waals surface area contributed by atoms with Gasteiger partial charge >= 0.3 is 6.03 Å². The molecule has 2 amide bonds. The Hall–Kier alpha value is -3.23. The maximum atomic E-state index is 12.8. The highest BCUT2D eigenvalue weighted by Gasteiger charge is 2.20. The molecule has 3 heterocycles. The van der Waals surface area contributed by atoms with Gasteiger partial charge in [0.05, 0.1) is 6.33 Å². The predicted octanol–water partition coefficient (Wildman–Crippen LogP) is 2.33. The van der Waals surface area contributed by atoms with E-state index in [1.54, 1.807) is 36.7 Å². The number of pyridine rings is 1. The number of nitrogens with zero attached hydrogens (tertiary/aromatic N) is 6.